The van der Waals surface area contributed by atoms with E-state index < -0.39 is 0 Å². The van der Waals surface area contributed by atoms with Gasteiger partial charge in [-0.3, -0.25) is 9.59 Å². The second-order valence-corrected chi connectivity index (χ2v) is 8.20. The van der Waals surface area contributed by atoms with E-state index in [2.05, 4.69) is 10.3 Å². The fourth-order valence-electron chi connectivity index (χ4n) is 3.17. The molecule has 7 heteroatoms. The van der Waals surface area contributed by atoms with Gasteiger partial charge in [0.25, 0.3) is 0 Å². The summed E-state index contributed by atoms with van der Waals surface area (Å²) in [5, 5.41) is 5.64. The molecule has 0 aliphatic rings. The molecule has 0 spiro atoms. The first-order valence-corrected chi connectivity index (χ1v) is 11.0. The molecule has 0 saturated carbocycles. The Morgan fingerprint density at radius 3 is 2.42 bits per heavy atom. The first kappa shape index (κ1) is 22.5. The minimum atomic E-state index is -0.221. The average Bonchev–Trinajstić information content (AvgIpc) is 3.20. The van der Waals surface area contributed by atoms with Crippen LogP contribution in [0.2, 0.25) is 0 Å². The number of hydrogen-bond donors (Lipinski definition) is 1. The lowest BCUT2D eigenvalue weighted by molar-refractivity contribution is -0.132. The Balaban J connectivity index is 1.57. The molecule has 2 amide bonds. The zero-order valence-corrected chi connectivity index (χ0v) is 19.1. The minimum absolute atomic E-state index is 0.0114. The third-order valence-electron chi connectivity index (χ3n) is 4.85. The lowest BCUT2D eigenvalue weighted by Gasteiger charge is -2.17. The molecule has 3 rings (SSSR count). The summed E-state index contributed by atoms with van der Waals surface area (Å²) in [6.45, 7) is 6.45. The van der Waals surface area contributed by atoms with Crippen molar-refractivity contribution in [2.45, 2.75) is 27.2 Å². The third kappa shape index (κ3) is 5.92. The van der Waals surface area contributed by atoms with Crippen molar-refractivity contribution in [2.24, 2.45) is 0 Å². The van der Waals surface area contributed by atoms with E-state index in [0.29, 0.717) is 12.3 Å². The maximum atomic E-state index is 12.6. The zero-order chi connectivity index (χ0) is 22.4. The number of aryl methyl sites for hydroxylation is 2. The number of likely N-dealkylation sites (N-methyl/N-ethyl adjacent to an activating group) is 1. The van der Waals surface area contributed by atoms with Crippen molar-refractivity contribution in [3.63, 3.8) is 0 Å². The first-order chi connectivity index (χ1) is 14.9. The highest BCUT2D eigenvalue weighted by molar-refractivity contribution is 7.13. The standard InChI is InChI=1S/C24H27N3O3S/c1-5-30-20-11-9-18(10-12-20)24-25-19(15-31-24)13-22(29)27(4)14-21(28)26-23-16(2)7-6-8-17(23)3/h6-12,15H,5,13-14H2,1-4H3,(H,26,28). The van der Waals surface area contributed by atoms with Crippen LogP contribution in [0.3, 0.4) is 0 Å². The fraction of sp³-hybridized carbons (Fsp3) is 0.292. The number of anilines is 1. The number of para-hydroxylation sites is 1. The molecule has 1 heterocycles. The summed E-state index contributed by atoms with van der Waals surface area (Å²) in [6, 6.07) is 13.6. The van der Waals surface area contributed by atoms with E-state index in [1.54, 1.807) is 7.05 Å². The molecular formula is C24H27N3O3S. The average molecular weight is 438 g/mol. The van der Waals surface area contributed by atoms with E-state index in [4.69, 9.17) is 4.74 Å². The lowest BCUT2D eigenvalue weighted by Crippen LogP contribution is -2.36. The monoisotopic (exact) mass is 437 g/mol. The molecule has 0 bridgehead atoms. The van der Waals surface area contributed by atoms with Crippen LogP contribution < -0.4 is 10.1 Å². The summed E-state index contributed by atoms with van der Waals surface area (Å²) >= 11 is 1.49. The Bertz CT molecular complexity index is 1040. The lowest BCUT2D eigenvalue weighted by atomic mass is 10.1. The Hall–Kier alpha value is -3.19. The van der Waals surface area contributed by atoms with Gasteiger partial charge in [-0.2, -0.15) is 0 Å². The van der Waals surface area contributed by atoms with Crippen molar-refractivity contribution in [2.75, 3.05) is 25.5 Å². The van der Waals surface area contributed by atoms with E-state index in [0.717, 1.165) is 33.1 Å². The van der Waals surface area contributed by atoms with Crippen molar-refractivity contribution in [3.8, 4) is 16.3 Å². The van der Waals surface area contributed by atoms with E-state index in [1.165, 1.54) is 16.2 Å². The summed E-state index contributed by atoms with van der Waals surface area (Å²) in [5.74, 6) is 0.445. The smallest absolute Gasteiger partial charge is 0.243 e. The van der Waals surface area contributed by atoms with Crippen LogP contribution in [0.25, 0.3) is 10.6 Å². The van der Waals surface area contributed by atoms with E-state index >= 15 is 0 Å². The topological polar surface area (TPSA) is 71.5 Å². The molecule has 0 radical (unpaired) electrons. The maximum Gasteiger partial charge on any atom is 0.243 e. The molecule has 0 aliphatic heterocycles. The molecule has 1 aromatic heterocycles. The van der Waals surface area contributed by atoms with Gasteiger partial charge >= 0.3 is 0 Å². The molecule has 162 valence electrons. The number of amides is 2. The minimum Gasteiger partial charge on any atom is -0.494 e. The number of nitrogens with zero attached hydrogens (tertiary/aromatic N) is 2. The first-order valence-electron chi connectivity index (χ1n) is 10.1. The van der Waals surface area contributed by atoms with Gasteiger partial charge in [-0.05, 0) is 56.2 Å². The molecule has 3 aromatic rings. The SMILES string of the molecule is CCOc1ccc(-c2nc(CC(=O)N(C)CC(=O)Nc3c(C)cccc3C)cs2)cc1. The number of nitrogens with one attached hydrogen (secondary N) is 1. The number of carbonyl (C=O) groups is 2. The summed E-state index contributed by atoms with van der Waals surface area (Å²) in [4.78, 5) is 31.0. The molecule has 6 nitrogen and oxygen atoms in total. The molecule has 0 atom stereocenters. The van der Waals surface area contributed by atoms with E-state index in [-0.39, 0.29) is 24.8 Å². The van der Waals surface area contributed by atoms with Crippen molar-refractivity contribution >= 4 is 28.8 Å². The van der Waals surface area contributed by atoms with Crippen molar-refractivity contribution in [1.29, 1.82) is 0 Å². The van der Waals surface area contributed by atoms with Crippen LogP contribution in [0.4, 0.5) is 5.69 Å². The van der Waals surface area contributed by atoms with Crippen LogP contribution in [-0.4, -0.2) is 41.9 Å². The van der Waals surface area contributed by atoms with Gasteiger partial charge in [0.15, 0.2) is 0 Å². The van der Waals surface area contributed by atoms with Crippen LogP contribution in [-0.2, 0) is 16.0 Å². The highest BCUT2D eigenvalue weighted by Crippen LogP contribution is 2.26. The predicted octanol–water partition coefficient (Wildman–Crippen LogP) is 4.47. The second kappa shape index (κ2) is 10.2. The van der Waals surface area contributed by atoms with Gasteiger partial charge in [0.2, 0.25) is 11.8 Å². The summed E-state index contributed by atoms with van der Waals surface area (Å²) in [7, 11) is 1.63. The number of aromatic nitrogens is 1. The Labute approximate surface area is 186 Å². The highest BCUT2D eigenvalue weighted by Gasteiger charge is 2.16. The quantitative estimate of drug-likeness (QED) is 0.565. The normalized spacial score (nSPS) is 10.6. The van der Waals surface area contributed by atoms with Gasteiger partial charge in [-0.1, -0.05) is 18.2 Å². The van der Waals surface area contributed by atoms with Gasteiger partial charge in [0.05, 0.1) is 25.3 Å². The van der Waals surface area contributed by atoms with E-state index in [1.807, 2.05) is 68.6 Å². The predicted molar refractivity (Wildman–Crippen MR) is 125 cm³/mol. The molecule has 0 aliphatic carbocycles. The zero-order valence-electron chi connectivity index (χ0n) is 18.3. The van der Waals surface area contributed by atoms with Gasteiger partial charge < -0.3 is 15.0 Å². The molecule has 31 heavy (non-hydrogen) atoms. The molecule has 2 aromatic carbocycles. The maximum absolute atomic E-state index is 12.6. The van der Waals surface area contributed by atoms with Gasteiger partial charge in [-0.15, -0.1) is 11.3 Å². The second-order valence-electron chi connectivity index (χ2n) is 7.34. The highest BCUT2D eigenvalue weighted by atomic mass is 32.1. The van der Waals surface area contributed by atoms with Crippen LogP contribution in [0.1, 0.15) is 23.7 Å². The van der Waals surface area contributed by atoms with Crippen molar-refractivity contribution < 1.29 is 14.3 Å². The number of ether oxygens (including phenoxy) is 1. The summed E-state index contributed by atoms with van der Waals surface area (Å²) in [6.07, 6.45) is 0.153. The van der Waals surface area contributed by atoms with Crippen LogP contribution in [0.5, 0.6) is 5.75 Å². The molecule has 0 fully saturated rings. The fourth-order valence-corrected chi connectivity index (χ4v) is 3.99. The molecule has 0 unspecified atom stereocenters. The van der Waals surface area contributed by atoms with Gasteiger partial charge in [-0.25, -0.2) is 4.98 Å². The van der Waals surface area contributed by atoms with E-state index in [9.17, 15) is 9.59 Å². The molecule has 0 saturated heterocycles. The van der Waals surface area contributed by atoms with Crippen LogP contribution in [0.15, 0.2) is 47.8 Å². The number of benzene rings is 2. The van der Waals surface area contributed by atoms with Gasteiger partial charge in [0.1, 0.15) is 10.8 Å². The summed E-state index contributed by atoms with van der Waals surface area (Å²) < 4.78 is 5.46. The Morgan fingerprint density at radius 1 is 1.10 bits per heavy atom. The molecule has 1 N–H and O–H groups in total. The number of carbonyl (C=O) groups excluding carboxylic acids is 2. The number of thiazole rings is 1. The molecular weight excluding hydrogens is 410 g/mol. The Morgan fingerprint density at radius 2 is 1.77 bits per heavy atom. The van der Waals surface area contributed by atoms with Gasteiger partial charge in [0, 0.05) is 23.7 Å². The Kier molecular flexibility index (Phi) is 7.41. The number of hydrogen-bond acceptors (Lipinski definition) is 5. The van der Waals surface area contributed by atoms with Crippen LogP contribution >= 0.6 is 11.3 Å². The van der Waals surface area contributed by atoms with Crippen LogP contribution in [0, 0.1) is 13.8 Å². The third-order valence-corrected chi connectivity index (χ3v) is 5.79. The van der Waals surface area contributed by atoms with Crippen molar-refractivity contribution in [1.82, 2.24) is 9.88 Å². The summed E-state index contributed by atoms with van der Waals surface area (Å²) in [5.41, 5.74) is 4.46. The number of rotatable bonds is 8. The largest absolute Gasteiger partial charge is 0.494 e. The van der Waals surface area contributed by atoms with Crippen molar-refractivity contribution in [3.05, 3.63) is 64.7 Å².